The Bertz CT molecular complexity index is 676. The lowest BCUT2D eigenvalue weighted by Crippen LogP contribution is -2.20. The number of ether oxygens (including phenoxy) is 1. The third kappa shape index (κ3) is 7.13. The van der Waals surface area contributed by atoms with Crippen LogP contribution in [0.2, 0.25) is 0 Å². The van der Waals surface area contributed by atoms with E-state index < -0.39 is 0 Å². The van der Waals surface area contributed by atoms with E-state index in [0.717, 1.165) is 12.0 Å². The fraction of sp³-hybridized carbons (Fsp3) is 0.545. The Morgan fingerprint density at radius 2 is 1.84 bits per heavy atom. The van der Waals surface area contributed by atoms with Crippen LogP contribution in [-0.2, 0) is 14.3 Å². The number of carbonyl (C=O) groups excluding carboxylic acids is 2. The van der Waals surface area contributed by atoms with Crippen LogP contribution in [0.1, 0.15) is 67.2 Å². The zero-order valence-corrected chi connectivity index (χ0v) is 16.4. The Balaban J connectivity index is 2.71. The highest BCUT2D eigenvalue weighted by molar-refractivity contribution is 6.08. The van der Waals surface area contributed by atoms with Crippen LogP contribution in [-0.4, -0.2) is 18.4 Å². The summed E-state index contributed by atoms with van der Waals surface area (Å²) in [6.45, 7) is 11.9. The van der Waals surface area contributed by atoms with Crippen molar-refractivity contribution in [3.8, 4) is 11.8 Å². The van der Waals surface area contributed by atoms with Crippen molar-refractivity contribution in [2.45, 2.75) is 67.2 Å². The van der Waals surface area contributed by atoms with Gasteiger partial charge in [-0.2, -0.15) is 0 Å². The number of carbonyl (C=O) groups is 2. The predicted molar refractivity (Wildman–Crippen MR) is 102 cm³/mol. The summed E-state index contributed by atoms with van der Waals surface area (Å²) in [6.07, 6.45) is 8.26. The first-order valence-corrected chi connectivity index (χ1v) is 8.86. The predicted octanol–water partition coefficient (Wildman–Crippen LogP) is 4.93. The number of Topliss-reactive ketones (excluding diaryl/α,β-unsaturated/α-hetero) is 1. The van der Waals surface area contributed by atoms with Crippen LogP contribution in [0.15, 0.2) is 34.4 Å². The molecule has 0 saturated carbocycles. The highest BCUT2D eigenvalue weighted by atomic mass is 16.5. The number of esters is 1. The smallest absolute Gasteiger partial charge is 0.302 e. The lowest BCUT2D eigenvalue weighted by Gasteiger charge is -2.34. The summed E-state index contributed by atoms with van der Waals surface area (Å²) in [5.74, 6) is 4.99. The number of rotatable bonds is 5. The van der Waals surface area contributed by atoms with Gasteiger partial charge in [-0.1, -0.05) is 37.0 Å². The minimum atomic E-state index is -0.364. The minimum absolute atomic E-state index is 0.103. The SMILES string of the molecule is CC(=O)OCC=C(C)C(=O)C#CC(C)=CCC1=C(C)CCCC1(C)C. The number of allylic oxidation sites excluding steroid dienone is 5. The molecule has 3 nitrogen and oxygen atoms in total. The van der Waals surface area contributed by atoms with Crippen LogP contribution in [0.25, 0.3) is 0 Å². The fourth-order valence-corrected chi connectivity index (χ4v) is 3.06. The van der Waals surface area contributed by atoms with Crippen molar-refractivity contribution in [2.75, 3.05) is 6.61 Å². The number of hydrogen-bond donors (Lipinski definition) is 0. The summed E-state index contributed by atoms with van der Waals surface area (Å²) in [4.78, 5) is 22.7. The first kappa shape index (κ1) is 21.0. The van der Waals surface area contributed by atoms with E-state index in [2.05, 4.69) is 38.7 Å². The first-order valence-electron chi connectivity index (χ1n) is 8.86. The zero-order valence-electron chi connectivity index (χ0n) is 16.4. The van der Waals surface area contributed by atoms with E-state index in [4.69, 9.17) is 4.74 Å². The molecule has 0 spiro atoms. The Kier molecular flexibility index (Phi) is 7.90. The van der Waals surface area contributed by atoms with Gasteiger partial charge in [0.25, 0.3) is 0 Å². The van der Waals surface area contributed by atoms with Crippen LogP contribution in [0.3, 0.4) is 0 Å². The molecule has 1 aliphatic rings. The molecule has 0 aromatic carbocycles. The topological polar surface area (TPSA) is 43.4 Å². The summed E-state index contributed by atoms with van der Waals surface area (Å²) in [6, 6.07) is 0. The van der Waals surface area contributed by atoms with Gasteiger partial charge in [-0.15, -0.1) is 0 Å². The van der Waals surface area contributed by atoms with E-state index >= 15 is 0 Å². The molecule has 1 rings (SSSR count). The van der Waals surface area contributed by atoms with E-state index in [-0.39, 0.29) is 23.8 Å². The first-order chi connectivity index (χ1) is 11.6. The summed E-state index contributed by atoms with van der Waals surface area (Å²) >= 11 is 0. The average Bonchev–Trinajstić information content (AvgIpc) is 2.50. The Morgan fingerprint density at radius 1 is 1.16 bits per heavy atom. The van der Waals surface area contributed by atoms with Crippen LogP contribution in [0.5, 0.6) is 0 Å². The molecule has 0 saturated heterocycles. The molecule has 0 amide bonds. The molecule has 0 fully saturated rings. The molecule has 0 atom stereocenters. The third-order valence-corrected chi connectivity index (χ3v) is 4.71. The van der Waals surface area contributed by atoms with E-state index in [1.165, 1.54) is 37.3 Å². The van der Waals surface area contributed by atoms with Gasteiger partial charge in [-0.25, -0.2) is 0 Å². The van der Waals surface area contributed by atoms with Crippen LogP contribution < -0.4 is 0 Å². The van der Waals surface area contributed by atoms with E-state index in [1.807, 2.05) is 6.92 Å². The molecule has 0 aliphatic heterocycles. The average molecular weight is 342 g/mol. The van der Waals surface area contributed by atoms with Crippen LogP contribution in [0.4, 0.5) is 0 Å². The molecule has 0 radical (unpaired) electrons. The normalized spacial score (nSPS) is 17.7. The van der Waals surface area contributed by atoms with Gasteiger partial charge < -0.3 is 4.74 Å². The van der Waals surface area contributed by atoms with Gasteiger partial charge in [0.2, 0.25) is 5.78 Å². The van der Waals surface area contributed by atoms with Crippen LogP contribution >= 0.6 is 0 Å². The molecule has 0 aromatic heterocycles. The van der Waals surface area contributed by atoms with Crippen molar-refractivity contribution in [1.82, 2.24) is 0 Å². The Hall–Kier alpha value is -2.08. The van der Waals surface area contributed by atoms with E-state index in [1.54, 1.807) is 13.0 Å². The molecule has 0 N–H and O–H groups in total. The van der Waals surface area contributed by atoms with Crippen LogP contribution in [0, 0.1) is 17.3 Å². The van der Waals surface area contributed by atoms with Gasteiger partial charge >= 0.3 is 5.97 Å². The zero-order chi connectivity index (χ0) is 19.0. The highest BCUT2D eigenvalue weighted by Gasteiger charge is 2.27. The second-order valence-corrected chi connectivity index (χ2v) is 7.36. The van der Waals surface area contributed by atoms with Gasteiger partial charge in [0.1, 0.15) is 6.61 Å². The standard InChI is InChI=1S/C22H30O3/c1-16(9-11-20-17(2)8-7-14-22(20,5)6)10-12-21(24)18(3)13-15-25-19(4)23/h9,13H,7-8,11,14-15H2,1-6H3. The molecule has 25 heavy (non-hydrogen) atoms. The summed E-state index contributed by atoms with van der Waals surface area (Å²) in [5.41, 5.74) is 4.65. The Labute approximate surface area is 152 Å². The van der Waals surface area contributed by atoms with Crippen molar-refractivity contribution in [3.63, 3.8) is 0 Å². The van der Waals surface area contributed by atoms with Gasteiger partial charge in [-0.05, 0) is 69.4 Å². The lowest BCUT2D eigenvalue weighted by atomic mass is 9.71. The van der Waals surface area contributed by atoms with E-state index in [0.29, 0.717) is 5.57 Å². The molecule has 0 aromatic rings. The van der Waals surface area contributed by atoms with Crippen molar-refractivity contribution in [2.24, 2.45) is 5.41 Å². The molecule has 0 bridgehead atoms. The highest BCUT2D eigenvalue weighted by Crippen LogP contribution is 2.41. The molecule has 136 valence electrons. The minimum Gasteiger partial charge on any atom is -0.462 e. The van der Waals surface area contributed by atoms with Gasteiger partial charge in [0, 0.05) is 12.5 Å². The number of hydrogen-bond acceptors (Lipinski definition) is 3. The fourth-order valence-electron chi connectivity index (χ4n) is 3.06. The lowest BCUT2D eigenvalue weighted by molar-refractivity contribution is -0.139. The van der Waals surface area contributed by atoms with Crippen molar-refractivity contribution < 1.29 is 14.3 Å². The molecular formula is C22H30O3. The maximum Gasteiger partial charge on any atom is 0.302 e. The van der Waals surface area contributed by atoms with Crippen molar-refractivity contribution in [1.29, 1.82) is 0 Å². The maximum atomic E-state index is 12.0. The molecule has 3 heteroatoms. The second-order valence-electron chi connectivity index (χ2n) is 7.36. The third-order valence-electron chi connectivity index (χ3n) is 4.71. The molecular weight excluding hydrogens is 312 g/mol. The summed E-state index contributed by atoms with van der Waals surface area (Å²) < 4.78 is 4.79. The van der Waals surface area contributed by atoms with E-state index in [9.17, 15) is 9.59 Å². The molecule has 0 heterocycles. The molecule has 1 aliphatic carbocycles. The van der Waals surface area contributed by atoms with Crippen molar-refractivity contribution >= 4 is 11.8 Å². The quantitative estimate of drug-likeness (QED) is 0.234. The maximum absolute atomic E-state index is 12.0. The van der Waals surface area contributed by atoms with Gasteiger partial charge in [-0.3, -0.25) is 9.59 Å². The Morgan fingerprint density at radius 3 is 2.44 bits per heavy atom. The second kappa shape index (κ2) is 9.42. The summed E-state index contributed by atoms with van der Waals surface area (Å²) in [7, 11) is 0. The summed E-state index contributed by atoms with van der Waals surface area (Å²) in [5, 5.41) is 0. The largest absolute Gasteiger partial charge is 0.462 e. The van der Waals surface area contributed by atoms with Gasteiger partial charge in [0.15, 0.2) is 0 Å². The molecule has 0 unspecified atom stereocenters. The monoisotopic (exact) mass is 342 g/mol. The van der Waals surface area contributed by atoms with Gasteiger partial charge in [0.05, 0.1) is 0 Å². The van der Waals surface area contributed by atoms with Crippen molar-refractivity contribution in [3.05, 3.63) is 34.4 Å². The number of ketones is 1.